The van der Waals surface area contributed by atoms with E-state index in [-0.39, 0.29) is 6.61 Å². The molecule has 2 atom stereocenters. The van der Waals surface area contributed by atoms with Crippen LogP contribution < -0.4 is 5.73 Å². The molecule has 4 N–H and O–H groups in total. The number of rotatable bonds is 3. The highest BCUT2D eigenvalue weighted by Gasteiger charge is 2.22. The van der Waals surface area contributed by atoms with E-state index >= 15 is 0 Å². The fourth-order valence-electron chi connectivity index (χ4n) is 1.06. The third kappa shape index (κ3) is 2.00. The topological polar surface area (TPSA) is 84.3 Å². The van der Waals surface area contributed by atoms with Crippen molar-refractivity contribution in [1.29, 1.82) is 0 Å². The Morgan fingerprint density at radius 3 is 2.77 bits per heavy atom. The van der Waals surface area contributed by atoms with Crippen LogP contribution in [0, 0.1) is 0 Å². The Balaban J connectivity index is 2.93. The SMILES string of the molecule is Cn1ncc(Cl)c1C(O)C(N)CO. The molecular weight excluding hydrogens is 194 g/mol. The first-order valence-electron chi connectivity index (χ1n) is 3.79. The number of aromatic nitrogens is 2. The van der Waals surface area contributed by atoms with Crippen LogP contribution in [-0.4, -0.2) is 32.6 Å². The van der Waals surface area contributed by atoms with E-state index in [4.69, 9.17) is 22.4 Å². The van der Waals surface area contributed by atoms with Crippen molar-refractivity contribution >= 4 is 11.6 Å². The van der Waals surface area contributed by atoms with Crippen LogP contribution in [0.4, 0.5) is 0 Å². The highest BCUT2D eigenvalue weighted by molar-refractivity contribution is 6.31. The maximum Gasteiger partial charge on any atom is 0.114 e. The van der Waals surface area contributed by atoms with Crippen LogP contribution in [0.15, 0.2) is 6.20 Å². The molecule has 1 aromatic rings. The van der Waals surface area contributed by atoms with Gasteiger partial charge in [0, 0.05) is 7.05 Å². The molecule has 1 rings (SSSR count). The summed E-state index contributed by atoms with van der Waals surface area (Å²) in [5.41, 5.74) is 5.87. The molecule has 0 aliphatic heterocycles. The highest BCUT2D eigenvalue weighted by Crippen LogP contribution is 2.23. The van der Waals surface area contributed by atoms with Crippen molar-refractivity contribution in [2.24, 2.45) is 12.8 Å². The van der Waals surface area contributed by atoms with Gasteiger partial charge in [0.25, 0.3) is 0 Å². The second-order valence-corrected chi connectivity index (χ2v) is 3.20. The van der Waals surface area contributed by atoms with Gasteiger partial charge in [-0.1, -0.05) is 11.6 Å². The van der Waals surface area contributed by atoms with Crippen LogP contribution in [0.2, 0.25) is 5.02 Å². The zero-order valence-corrected chi connectivity index (χ0v) is 7.94. The van der Waals surface area contributed by atoms with Gasteiger partial charge in [0.15, 0.2) is 0 Å². The molecule has 0 saturated carbocycles. The minimum absolute atomic E-state index is 0.303. The lowest BCUT2D eigenvalue weighted by atomic mass is 10.1. The zero-order valence-electron chi connectivity index (χ0n) is 7.18. The van der Waals surface area contributed by atoms with E-state index in [1.165, 1.54) is 10.9 Å². The maximum absolute atomic E-state index is 9.61. The summed E-state index contributed by atoms with van der Waals surface area (Å²) in [6.45, 7) is -0.303. The van der Waals surface area contributed by atoms with Gasteiger partial charge in [0.1, 0.15) is 6.10 Å². The fourth-order valence-corrected chi connectivity index (χ4v) is 1.33. The molecule has 0 aliphatic carbocycles. The third-order valence-corrected chi connectivity index (χ3v) is 2.13. The molecular formula is C7H12ClN3O2. The first kappa shape index (κ1) is 10.5. The molecule has 0 bridgehead atoms. The van der Waals surface area contributed by atoms with Crippen LogP contribution in [0.25, 0.3) is 0 Å². The molecule has 0 fully saturated rings. The summed E-state index contributed by atoms with van der Waals surface area (Å²) in [4.78, 5) is 0. The monoisotopic (exact) mass is 205 g/mol. The van der Waals surface area contributed by atoms with E-state index < -0.39 is 12.1 Å². The average Bonchev–Trinajstić information content (AvgIpc) is 2.44. The minimum Gasteiger partial charge on any atom is -0.395 e. The Bertz CT molecular complexity index is 270. The van der Waals surface area contributed by atoms with E-state index in [1.807, 2.05) is 0 Å². The maximum atomic E-state index is 9.61. The molecule has 1 heterocycles. The summed E-state index contributed by atoms with van der Waals surface area (Å²) in [6.07, 6.45) is 0.425. The molecule has 0 amide bonds. The Morgan fingerprint density at radius 1 is 1.77 bits per heavy atom. The molecule has 0 aromatic carbocycles. The summed E-state index contributed by atoms with van der Waals surface area (Å²) in [7, 11) is 1.65. The number of hydrogen-bond donors (Lipinski definition) is 3. The summed E-state index contributed by atoms with van der Waals surface area (Å²) >= 11 is 5.76. The fraction of sp³-hybridized carbons (Fsp3) is 0.571. The van der Waals surface area contributed by atoms with Crippen molar-refractivity contribution in [2.75, 3.05) is 6.61 Å². The smallest absolute Gasteiger partial charge is 0.114 e. The number of aliphatic hydroxyl groups excluding tert-OH is 2. The standard InChI is InChI=1S/C7H12ClN3O2/c1-11-6(4(8)2-10-11)7(13)5(9)3-12/h2,5,7,12-13H,3,9H2,1H3. The Morgan fingerprint density at radius 2 is 2.38 bits per heavy atom. The molecule has 0 saturated heterocycles. The van der Waals surface area contributed by atoms with E-state index in [0.29, 0.717) is 10.7 Å². The number of nitrogens with two attached hydrogens (primary N) is 1. The molecule has 1 aromatic heterocycles. The largest absolute Gasteiger partial charge is 0.395 e. The van der Waals surface area contributed by atoms with Crippen LogP contribution in [0.1, 0.15) is 11.8 Å². The quantitative estimate of drug-likeness (QED) is 0.617. The van der Waals surface area contributed by atoms with Crippen molar-refractivity contribution < 1.29 is 10.2 Å². The zero-order chi connectivity index (χ0) is 10.0. The van der Waals surface area contributed by atoms with Gasteiger partial charge in [0.05, 0.1) is 29.6 Å². The normalized spacial score (nSPS) is 15.8. The van der Waals surface area contributed by atoms with Gasteiger partial charge >= 0.3 is 0 Å². The average molecular weight is 206 g/mol. The van der Waals surface area contributed by atoms with Crippen LogP contribution in [-0.2, 0) is 7.05 Å². The van der Waals surface area contributed by atoms with Crippen molar-refractivity contribution in [1.82, 2.24) is 9.78 Å². The van der Waals surface area contributed by atoms with Gasteiger partial charge in [-0.15, -0.1) is 0 Å². The number of aryl methyl sites for hydroxylation is 1. The summed E-state index contributed by atoms with van der Waals surface area (Å²) in [5.74, 6) is 0. The lowest BCUT2D eigenvalue weighted by molar-refractivity contribution is 0.103. The predicted octanol–water partition coefficient (Wildman–Crippen LogP) is -0.574. The summed E-state index contributed by atoms with van der Waals surface area (Å²) in [6, 6.07) is -0.743. The first-order chi connectivity index (χ1) is 6.07. The first-order valence-corrected chi connectivity index (χ1v) is 4.17. The predicted molar refractivity (Wildman–Crippen MR) is 48.2 cm³/mol. The number of hydrogen-bond acceptors (Lipinski definition) is 4. The third-order valence-electron chi connectivity index (χ3n) is 1.83. The van der Waals surface area contributed by atoms with Crippen molar-refractivity contribution in [2.45, 2.75) is 12.1 Å². The number of aliphatic hydroxyl groups is 2. The van der Waals surface area contributed by atoms with Crippen LogP contribution in [0.3, 0.4) is 0 Å². The summed E-state index contributed by atoms with van der Waals surface area (Å²) in [5, 5.41) is 22.5. The minimum atomic E-state index is -0.995. The lowest BCUT2D eigenvalue weighted by Crippen LogP contribution is -2.33. The van der Waals surface area contributed by atoms with Crippen molar-refractivity contribution in [3.05, 3.63) is 16.9 Å². The number of halogens is 1. The van der Waals surface area contributed by atoms with E-state index in [1.54, 1.807) is 7.05 Å². The number of nitrogens with zero attached hydrogens (tertiary/aromatic N) is 2. The summed E-state index contributed by atoms with van der Waals surface area (Å²) < 4.78 is 1.43. The molecule has 13 heavy (non-hydrogen) atoms. The Hall–Kier alpha value is -0.620. The Kier molecular flexibility index (Phi) is 3.27. The van der Waals surface area contributed by atoms with Gasteiger partial charge in [-0.3, -0.25) is 4.68 Å². The molecule has 6 heteroatoms. The molecule has 74 valence electrons. The molecule has 2 unspecified atom stereocenters. The van der Waals surface area contributed by atoms with Gasteiger partial charge in [-0.2, -0.15) is 5.10 Å². The van der Waals surface area contributed by atoms with Crippen LogP contribution >= 0.6 is 11.6 Å². The molecule has 0 spiro atoms. The van der Waals surface area contributed by atoms with Gasteiger partial charge in [-0.25, -0.2) is 0 Å². The van der Waals surface area contributed by atoms with Gasteiger partial charge in [0.2, 0.25) is 0 Å². The van der Waals surface area contributed by atoms with Gasteiger partial charge < -0.3 is 15.9 Å². The van der Waals surface area contributed by atoms with Crippen molar-refractivity contribution in [3.63, 3.8) is 0 Å². The van der Waals surface area contributed by atoms with Gasteiger partial charge in [-0.05, 0) is 0 Å². The van der Waals surface area contributed by atoms with E-state index in [0.717, 1.165) is 0 Å². The molecule has 0 radical (unpaired) electrons. The molecule has 0 aliphatic rings. The highest BCUT2D eigenvalue weighted by atomic mass is 35.5. The van der Waals surface area contributed by atoms with Crippen LogP contribution in [0.5, 0.6) is 0 Å². The Labute approximate surface area is 80.7 Å². The van der Waals surface area contributed by atoms with Crippen molar-refractivity contribution in [3.8, 4) is 0 Å². The lowest BCUT2D eigenvalue weighted by Gasteiger charge is -2.16. The van der Waals surface area contributed by atoms with E-state index in [2.05, 4.69) is 5.10 Å². The second-order valence-electron chi connectivity index (χ2n) is 2.79. The second kappa shape index (κ2) is 4.06. The molecule has 5 nitrogen and oxygen atoms in total. The van der Waals surface area contributed by atoms with E-state index in [9.17, 15) is 5.11 Å².